The van der Waals surface area contributed by atoms with Crippen LogP contribution in [0.25, 0.3) is 0 Å². The highest BCUT2D eigenvalue weighted by molar-refractivity contribution is 5.75. The maximum Gasteiger partial charge on any atom is 0.303 e. The van der Waals surface area contributed by atoms with Gasteiger partial charge in [0.25, 0.3) is 0 Å². The molecule has 0 aromatic rings. The van der Waals surface area contributed by atoms with E-state index in [9.17, 15) is 9.59 Å². The molecule has 14 heavy (non-hydrogen) atoms. The van der Waals surface area contributed by atoms with E-state index in [0.29, 0.717) is 6.42 Å². The summed E-state index contributed by atoms with van der Waals surface area (Å²) < 4.78 is 0. The van der Waals surface area contributed by atoms with Crippen molar-refractivity contribution in [2.24, 2.45) is 0 Å². The Morgan fingerprint density at radius 2 is 1.43 bits per heavy atom. The molecule has 0 spiro atoms. The van der Waals surface area contributed by atoms with Crippen LogP contribution < -0.4 is 0 Å². The summed E-state index contributed by atoms with van der Waals surface area (Å²) >= 11 is 0. The molecular weight excluding hydrogens is 192 g/mol. The summed E-state index contributed by atoms with van der Waals surface area (Å²) in [6.45, 7) is 1.90. The molecular formula is C8H16O6. The summed E-state index contributed by atoms with van der Waals surface area (Å²) in [4.78, 5) is 19.3. The minimum atomic E-state index is -1.10. The molecule has 0 amide bonds. The van der Waals surface area contributed by atoms with E-state index in [2.05, 4.69) is 0 Å². The quantitative estimate of drug-likeness (QED) is 0.474. The summed E-state index contributed by atoms with van der Waals surface area (Å²) in [7, 11) is 0. The van der Waals surface area contributed by atoms with E-state index in [1.165, 1.54) is 0 Å². The molecule has 0 fully saturated rings. The molecule has 84 valence electrons. The Balaban J connectivity index is 0. The summed E-state index contributed by atoms with van der Waals surface area (Å²) in [5, 5.41) is 32.0. The van der Waals surface area contributed by atoms with Gasteiger partial charge in [-0.2, -0.15) is 0 Å². The Bertz CT molecular complexity index is 151. The number of carboxylic acid groups (broad SMARTS) is 2. The lowest BCUT2D eigenvalue weighted by molar-refractivity contribution is -0.143. The van der Waals surface area contributed by atoms with E-state index in [1.807, 2.05) is 6.92 Å². The molecule has 0 bridgehead atoms. The molecule has 0 aliphatic rings. The molecule has 0 heterocycles. The first-order chi connectivity index (χ1) is 6.40. The molecule has 0 unspecified atom stereocenters. The fourth-order valence-corrected chi connectivity index (χ4v) is 0.472. The SMILES string of the molecule is CCCC(O)O.O=C(O)CCC(=O)O. The van der Waals surface area contributed by atoms with Gasteiger partial charge >= 0.3 is 11.9 Å². The Morgan fingerprint density at radius 1 is 1.07 bits per heavy atom. The molecule has 0 rings (SSSR count). The lowest BCUT2D eigenvalue weighted by Crippen LogP contribution is -2.01. The monoisotopic (exact) mass is 208 g/mol. The lowest BCUT2D eigenvalue weighted by atomic mass is 10.3. The zero-order chi connectivity index (χ0) is 11.6. The highest BCUT2D eigenvalue weighted by Crippen LogP contribution is 1.88. The largest absolute Gasteiger partial charge is 0.481 e. The second-order valence-corrected chi connectivity index (χ2v) is 2.56. The van der Waals surface area contributed by atoms with Gasteiger partial charge in [-0.15, -0.1) is 0 Å². The van der Waals surface area contributed by atoms with Crippen molar-refractivity contribution in [2.45, 2.75) is 38.9 Å². The predicted octanol–water partition coefficient (Wildman–Crippen LogP) is 0.0330. The Hall–Kier alpha value is -1.14. The first-order valence-corrected chi connectivity index (χ1v) is 4.19. The van der Waals surface area contributed by atoms with Crippen molar-refractivity contribution >= 4 is 11.9 Å². The molecule has 4 N–H and O–H groups in total. The van der Waals surface area contributed by atoms with Crippen LogP contribution >= 0.6 is 0 Å². The van der Waals surface area contributed by atoms with Crippen LogP contribution in [-0.4, -0.2) is 38.7 Å². The number of carboxylic acids is 2. The molecule has 6 heteroatoms. The molecule has 6 nitrogen and oxygen atoms in total. The Morgan fingerprint density at radius 3 is 1.50 bits per heavy atom. The van der Waals surface area contributed by atoms with E-state index in [4.69, 9.17) is 20.4 Å². The van der Waals surface area contributed by atoms with Gasteiger partial charge in [0.05, 0.1) is 12.8 Å². The van der Waals surface area contributed by atoms with Crippen molar-refractivity contribution in [1.82, 2.24) is 0 Å². The normalized spacial score (nSPS) is 9.14. The number of aliphatic hydroxyl groups is 2. The maximum absolute atomic E-state index is 9.64. The lowest BCUT2D eigenvalue weighted by Gasteiger charge is -1.94. The van der Waals surface area contributed by atoms with Crippen molar-refractivity contribution in [3.8, 4) is 0 Å². The van der Waals surface area contributed by atoms with Crippen LogP contribution in [0.15, 0.2) is 0 Å². The summed E-state index contributed by atoms with van der Waals surface area (Å²) in [5.74, 6) is -2.15. The molecule has 0 aliphatic carbocycles. The maximum atomic E-state index is 9.64. The fourth-order valence-electron chi connectivity index (χ4n) is 0.472. The van der Waals surface area contributed by atoms with Gasteiger partial charge in [0, 0.05) is 0 Å². The van der Waals surface area contributed by atoms with Crippen molar-refractivity contribution in [3.63, 3.8) is 0 Å². The fraction of sp³-hybridized carbons (Fsp3) is 0.750. The topological polar surface area (TPSA) is 115 Å². The predicted molar refractivity (Wildman–Crippen MR) is 47.6 cm³/mol. The summed E-state index contributed by atoms with van der Waals surface area (Å²) in [6.07, 6.45) is -0.377. The second-order valence-electron chi connectivity index (χ2n) is 2.56. The highest BCUT2D eigenvalue weighted by Gasteiger charge is 2.00. The van der Waals surface area contributed by atoms with Gasteiger partial charge in [0.2, 0.25) is 0 Å². The van der Waals surface area contributed by atoms with Gasteiger partial charge in [0.15, 0.2) is 6.29 Å². The molecule has 0 radical (unpaired) electrons. The third kappa shape index (κ3) is 22.4. The molecule has 0 saturated carbocycles. The Labute approximate surface area is 81.8 Å². The minimum Gasteiger partial charge on any atom is -0.481 e. The third-order valence-electron chi connectivity index (χ3n) is 1.10. The summed E-state index contributed by atoms with van der Waals surface area (Å²) in [6, 6.07) is 0. The van der Waals surface area contributed by atoms with Crippen LogP contribution in [0.3, 0.4) is 0 Å². The number of rotatable bonds is 5. The Kier molecular flexibility index (Phi) is 10.9. The van der Waals surface area contributed by atoms with E-state index in [-0.39, 0.29) is 12.8 Å². The first-order valence-electron chi connectivity index (χ1n) is 4.19. The van der Waals surface area contributed by atoms with E-state index in [1.54, 1.807) is 0 Å². The van der Waals surface area contributed by atoms with E-state index in [0.717, 1.165) is 6.42 Å². The summed E-state index contributed by atoms with van der Waals surface area (Å²) in [5.41, 5.74) is 0. The van der Waals surface area contributed by atoms with Gasteiger partial charge in [-0.1, -0.05) is 13.3 Å². The molecule has 0 saturated heterocycles. The van der Waals surface area contributed by atoms with Gasteiger partial charge < -0.3 is 20.4 Å². The zero-order valence-corrected chi connectivity index (χ0v) is 8.01. The molecule has 0 aromatic heterocycles. The second kappa shape index (κ2) is 9.94. The smallest absolute Gasteiger partial charge is 0.303 e. The van der Waals surface area contributed by atoms with Crippen LogP contribution in [0, 0.1) is 0 Å². The highest BCUT2D eigenvalue weighted by atomic mass is 16.5. The molecule has 0 aromatic carbocycles. The number of hydrogen-bond acceptors (Lipinski definition) is 4. The van der Waals surface area contributed by atoms with Crippen molar-refractivity contribution in [2.75, 3.05) is 0 Å². The first kappa shape index (κ1) is 15.3. The average molecular weight is 208 g/mol. The number of aliphatic hydroxyl groups excluding tert-OH is 1. The molecule has 0 aliphatic heterocycles. The van der Waals surface area contributed by atoms with Crippen molar-refractivity contribution in [3.05, 3.63) is 0 Å². The zero-order valence-electron chi connectivity index (χ0n) is 8.01. The molecule has 0 atom stereocenters. The average Bonchev–Trinajstić information content (AvgIpc) is 2.01. The van der Waals surface area contributed by atoms with Crippen molar-refractivity contribution < 1.29 is 30.0 Å². The van der Waals surface area contributed by atoms with Crippen LogP contribution in [0.5, 0.6) is 0 Å². The van der Waals surface area contributed by atoms with Crippen molar-refractivity contribution in [1.29, 1.82) is 0 Å². The van der Waals surface area contributed by atoms with E-state index < -0.39 is 18.2 Å². The van der Waals surface area contributed by atoms with Crippen LogP contribution in [0.4, 0.5) is 0 Å². The van der Waals surface area contributed by atoms with E-state index >= 15 is 0 Å². The van der Waals surface area contributed by atoms with Gasteiger partial charge in [0.1, 0.15) is 0 Å². The standard InChI is InChI=1S/C4H6O4.C4H10O2/c5-3(6)1-2-4(7)8;1-2-3-4(5)6/h1-2H2,(H,5,6)(H,7,8);4-6H,2-3H2,1H3. The van der Waals surface area contributed by atoms with Gasteiger partial charge in [-0.25, -0.2) is 0 Å². The number of carbonyl (C=O) groups is 2. The number of aliphatic carboxylic acids is 2. The minimum absolute atomic E-state index is 0.296. The van der Waals surface area contributed by atoms with Gasteiger partial charge in [-0.3, -0.25) is 9.59 Å². The van der Waals surface area contributed by atoms with Gasteiger partial charge in [-0.05, 0) is 6.42 Å². The van der Waals surface area contributed by atoms with Crippen LogP contribution in [0.2, 0.25) is 0 Å². The van der Waals surface area contributed by atoms with Crippen LogP contribution in [0.1, 0.15) is 32.6 Å². The number of hydrogen-bond donors (Lipinski definition) is 4. The third-order valence-corrected chi connectivity index (χ3v) is 1.10. The van der Waals surface area contributed by atoms with Crippen LogP contribution in [-0.2, 0) is 9.59 Å².